The standard InChI is InChI=1S/C17H26N2OS/c1-3-8-16-18-15(13-14-9-5-4-6-10-14)17(20)19(16)11-7-12-21-2/h4-6,9-10,15-16,18H,3,7-8,11-13H2,1-2H3. The van der Waals surface area contributed by atoms with E-state index >= 15 is 0 Å². The molecule has 2 unspecified atom stereocenters. The molecule has 0 radical (unpaired) electrons. The van der Waals surface area contributed by atoms with Gasteiger partial charge >= 0.3 is 0 Å². The van der Waals surface area contributed by atoms with Crippen LogP contribution < -0.4 is 5.32 Å². The van der Waals surface area contributed by atoms with Crippen molar-refractivity contribution in [3.8, 4) is 0 Å². The molecule has 21 heavy (non-hydrogen) atoms. The fourth-order valence-corrected chi connectivity index (χ4v) is 3.32. The molecule has 2 rings (SSSR count). The van der Waals surface area contributed by atoms with Gasteiger partial charge in [0.2, 0.25) is 5.91 Å². The van der Waals surface area contributed by atoms with Crippen molar-refractivity contribution in [2.24, 2.45) is 0 Å². The summed E-state index contributed by atoms with van der Waals surface area (Å²) in [6.07, 6.45) is 6.34. The van der Waals surface area contributed by atoms with Crippen LogP contribution in [0.4, 0.5) is 0 Å². The maximum atomic E-state index is 12.6. The summed E-state index contributed by atoms with van der Waals surface area (Å²) < 4.78 is 0. The van der Waals surface area contributed by atoms with Crippen LogP contribution in [0.3, 0.4) is 0 Å². The molecule has 1 aliphatic rings. The number of benzene rings is 1. The van der Waals surface area contributed by atoms with Crippen molar-refractivity contribution in [1.82, 2.24) is 10.2 Å². The molecule has 1 fully saturated rings. The first-order chi connectivity index (χ1) is 10.3. The first-order valence-corrected chi connectivity index (χ1v) is 9.25. The minimum atomic E-state index is -0.0572. The molecule has 1 aliphatic heterocycles. The third-order valence-electron chi connectivity index (χ3n) is 3.94. The van der Waals surface area contributed by atoms with Crippen molar-refractivity contribution < 1.29 is 4.79 Å². The topological polar surface area (TPSA) is 32.3 Å². The van der Waals surface area contributed by atoms with E-state index in [1.165, 1.54) is 5.56 Å². The highest BCUT2D eigenvalue weighted by atomic mass is 32.2. The van der Waals surface area contributed by atoms with Crippen molar-refractivity contribution >= 4 is 17.7 Å². The number of nitrogens with one attached hydrogen (secondary N) is 1. The Morgan fingerprint density at radius 1 is 1.29 bits per heavy atom. The predicted octanol–water partition coefficient (Wildman–Crippen LogP) is 2.91. The molecule has 1 heterocycles. The highest BCUT2D eigenvalue weighted by Gasteiger charge is 2.37. The molecule has 2 atom stereocenters. The number of carbonyl (C=O) groups excluding carboxylic acids is 1. The van der Waals surface area contributed by atoms with E-state index in [0.717, 1.165) is 38.0 Å². The van der Waals surface area contributed by atoms with E-state index in [4.69, 9.17) is 0 Å². The number of carbonyl (C=O) groups is 1. The van der Waals surface area contributed by atoms with E-state index in [0.29, 0.717) is 0 Å². The summed E-state index contributed by atoms with van der Waals surface area (Å²) in [4.78, 5) is 14.7. The van der Waals surface area contributed by atoms with Crippen LogP contribution in [0.5, 0.6) is 0 Å². The van der Waals surface area contributed by atoms with Crippen LogP contribution in [0.1, 0.15) is 31.7 Å². The Morgan fingerprint density at radius 3 is 2.71 bits per heavy atom. The maximum absolute atomic E-state index is 12.6. The molecule has 1 N–H and O–H groups in total. The zero-order valence-corrected chi connectivity index (χ0v) is 13.9. The average molecular weight is 306 g/mol. The molecule has 0 aromatic heterocycles. The third-order valence-corrected chi connectivity index (χ3v) is 4.64. The Hall–Kier alpha value is -1.00. The molecular formula is C17H26N2OS. The van der Waals surface area contributed by atoms with Gasteiger partial charge in [-0.3, -0.25) is 10.1 Å². The monoisotopic (exact) mass is 306 g/mol. The fraction of sp³-hybridized carbons (Fsp3) is 0.588. The highest BCUT2D eigenvalue weighted by molar-refractivity contribution is 7.98. The Balaban J connectivity index is 1.98. The molecular weight excluding hydrogens is 280 g/mol. The van der Waals surface area contributed by atoms with Crippen LogP contribution in [0, 0.1) is 0 Å². The molecule has 0 bridgehead atoms. The SMILES string of the molecule is CCCC1NC(Cc2ccccc2)C(=O)N1CCCSC. The molecule has 1 amide bonds. The lowest BCUT2D eigenvalue weighted by atomic mass is 10.1. The van der Waals surface area contributed by atoms with E-state index in [2.05, 4.69) is 35.5 Å². The number of thioether (sulfide) groups is 1. The van der Waals surface area contributed by atoms with E-state index < -0.39 is 0 Å². The van der Waals surface area contributed by atoms with Gasteiger partial charge in [0.05, 0.1) is 12.2 Å². The Morgan fingerprint density at radius 2 is 2.05 bits per heavy atom. The van der Waals surface area contributed by atoms with Gasteiger partial charge in [0.1, 0.15) is 0 Å². The molecule has 0 aliphatic carbocycles. The summed E-state index contributed by atoms with van der Waals surface area (Å²) in [7, 11) is 0. The highest BCUT2D eigenvalue weighted by Crippen LogP contribution is 2.19. The summed E-state index contributed by atoms with van der Waals surface area (Å²) in [5.41, 5.74) is 1.23. The van der Waals surface area contributed by atoms with Gasteiger partial charge in [-0.05, 0) is 36.8 Å². The predicted molar refractivity (Wildman–Crippen MR) is 90.5 cm³/mol. The van der Waals surface area contributed by atoms with Gasteiger partial charge in [-0.25, -0.2) is 0 Å². The molecule has 4 heteroatoms. The van der Waals surface area contributed by atoms with Crippen LogP contribution in [0.2, 0.25) is 0 Å². The van der Waals surface area contributed by atoms with Crippen molar-refractivity contribution in [3.05, 3.63) is 35.9 Å². The number of hydrogen-bond acceptors (Lipinski definition) is 3. The molecule has 1 aromatic carbocycles. The van der Waals surface area contributed by atoms with E-state index in [1.54, 1.807) is 0 Å². The van der Waals surface area contributed by atoms with Crippen LogP contribution >= 0.6 is 11.8 Å². The van der Waals surface area contributed by atoms with Crippen molar-refractivity contribution in [3.63, 3.8) is 0 Å². The summed E-state index contributed by atoms with van der Waals surface area (Å²) in [5.74, 6) is 1.39. The second-order valence-corrected chi connectivity index (χ2v) is 6.58. The summed E-state index contributed by atoms with van der Waals surface area (Å²) in [6, 6.07) is 10.2. The van der Waals surface area contributed by atoms with E-state index in [1.807, 2.05) is 30.0 Å². The maximum Gasteiger partial charge on any atom is 0.241 e. The Bertz CT molecular complexity index is 438. The lowest BCUT2D eigenvalue weighted by Crippen LogP contribution is -2.38. The largest absolute Gasteiger partial charge is 0.326 e. The molecule has 0 saturated carbocycles. The van der Waals surface area contributed by atoms with Gasteiger partial charge < -0.3 is 4.90 Å². The van der Waals surface area contributed by atoms with E-state index in [-0.39, 0.29) is 18.1 Å². The molecule has 1 aromatic rings. The van der Waals surface area contributed by atoms with Gasteiger partial charge in [0.25, 0.3) is 0 Å². The number of rotatable bonds is 8. The van der Waals surface area contributed by atoms with Gasteiger partial charge in [-0.15, -0.1) is 0 Å². The molecule has 0 spiro atoms. The summed E-state index contributed by atoms with van der Waals surface area (Å²) in [6.45, 7) is 3.05. The Kier molecular flexibility index (Phi) is 6.58. The van der Waals surface area contributed by atoms with Gasteiger partial charge in [-0.2, -0.15) is 11.8 Å². The van der Waals surface area contributed by atoms with Crippen molar-refractivity contribution in [1.29, 1.82) is 0 Å². The Labute approximate surface area is 132 Å². The first kappa shape index (κ1) is 16.4. The minimum absolute atomic E-state index is 0.0572. The molecule has 1 saturated heterocycles. The summed E-state index contributed by atoms with van der Waals surface area (Å²) in [5, 5.41) is 3.54. The second kappa shape index (κ2) is 8.44. The second-order valence-electron chi connectivity index (χ2n) is 5.59. The van der Waals surface area contributed by atoms with Crippen LogP contribution in [-0.4, -0.2) is 41.6 Å². The minimum Gasteiger partial charge on any atom is -0.326 e. The molecule has 116 valence electrons. The van der Waals surface area contributed by atoms with Crippen LogP contribution in [0.25, 0.3) is 0 Å². The van der Waals surface area contributed by atoms with Crippen LogP contribution in [-0.2, 0) is 11.2 Å². The quantitative estimate of drug-likeness (QED) is 0.750. The third kappa shape index (κ3) is 4.48. The zero-order chi connectivity index (χ0) is 15.1. The smallest absolute Gasteiger partial charge is 0.241 e. The lowest BCUT2D eigenvalue weighted by molar-refractivity contribution is -0.130. The number of hydrogen-bond donors (Lipinski definition) is 1. The number of amides is 1. The summed E-state index contributed by atoms with van der Waals surface area (Å²) >= 11 is 1.85. The van der Waals surface area contributed by atoms with Gasteiger partial charge in [-0.1, -0.05) is 43.7 Å². The van der Waals surface area contributed by atoms with Crippen molar-refractivity contribution in [2.45, 2.75) is 44.8 Å². The fourth-order valence-electron chi connectivity index (χ4n) is 2.90. The zero-order valence-electron chi connectivity index (χ0n) is 13.0. The lowest BCUT2D eigenvalue weighted by Gasteiger charge is -2.23. The normalized spacial score (nSPS) is 22.0. The van der Waals surface area contributed by atoms with Crippen molar-refractivity contribution in [2.75, 3.05) is 18.6 Å². The van der Waals surface area contributed by atoms with E-state index in [9.17, 15) is 4.79 Å². The number of nitrogens with zero attached hydrogens (tertiary/aromatic N) is 1. The van der Waals surface area contributed by atoms with Crippen LogP contribution in [0.15, 0.2) is 30.3 Å². The first-order valence-electron chi connectivity index (χ1n) is 7.85. The molecule has 3 nitrogen and oxygen atoms in total. The average Bonchev–Trinajstić information content (AvgIpc) is 2.78. The van der Waals surface area contributed by atoms with Gasteiger partial charge in [0.15, 0.2) is 0 Å². The van der Waals surface area contributed by atoms with Gasteiger partial charge in [0, 0.05) is 6.54 Å².